The Morgan fingerprint density at radius 1 is 1.47 bits per heavy atom. The van der Waals surface area contributed by atoms with Gasteiger partial charge in [-0.25, -0.2) is 0 Å². The van der Waals surface area contributed by atoms with Gasteiger partial charge in [0, 0.05) is 19.1 Å². The number of thiocarbonyl (C=S) groups is 1. The SMILES string of the molecule is COc1cc(CN2CC3CCC2C3)ccc1C(N)=S. The van der Waals surface area contributed by atoms with Crippen molar-refractivity contribution in [1.82, 2.24) is 4.90 Å². The fourth-order valence-electron chi connectivity index (χ4n) is 3.49. The molecule has 0 amide bonds. The molecule has 1 aliphatic heterocycles. The average molecular weight is 276 g/mol. The number of hydrogen-bond donors (Lipinski definition) is 1. The van der Waals surface area contributed by atoms with Gasteiger partial charge in [-0.2, -0.15) is 0 Å². The molecule has 3 nitrogen and oxygen atoms in total. The maximum absolute atomic E-state index is 5.69. The summed E-state index contributed by atoms with van der Waals surface area (Å²) in [7, 11) is 1.67. The van der Waals surface area contributed by atoms with E-state index in [1.807, 2.05) is 6.07 Å². The Morgan fingerprint density at radius 3 is 2.89 bits per heavy atom. The molecule has 1 aromatic rings. The molecule has 0 radical (unpaired) electrons. The standard InChI is InChI=1S/C15H20N2OS/c1-18-14-7-11(3-5-13(14)15(16)19)9-17-8-10-2-4-12(17)6-10/h3,5,7,10,12H,2,4,6,8-9H2,1H3,(H2,16,19). The zero-order chi connectivity index (χ0) is 13.4. The van der Waals surface area contributed by atoms with Crippen molar-refractivity contribution in [2.24, 2.45) is 11.7 Å². The van der Waals surface area contributed by atoms with Gasteiger partial charge < -0.3 is 10.5 Å². The molecule has 2 bridgehead atoms. The van der Waals surface area contributed by atoms with Gasteiger partial charge in [0.15, 0.2) is 0 Å². The molecule has 1 aliphatic carbocycles. The zero-order valence-corrected chi connectivity index (χ0v) is 12.1. The zero-order valence-electron chi connectivity index (χ0n) is 11.3. The van der Waals surface area contributed by atoms with Gasteiger partial charge >= 0.3 is 0 Å². The monoisotopic (exact) mass is 276 g/mol. The molecular weight excluding hydrogens is 256 g/mol. The van der Waals surface area contributed by atoms with E-state index in [2.05, 4.69) is 17.0 Å². The fraction of sp³-hybridized carbons (Fsp3) is 0.533. The molecule has 0 spiro atoms. The summed E-state index contributed by atoms with van der Waals surface area (Å²) >= 11 is 5.03. The normalized spacial score (nSPS) is 25.7. The topological polar surface area (TPSA) is 38.5 Å². The second kappa shape index (κ2) is 5.10. The Hall–Kier alpha value is -1.13. The lowest BCUT2D eigenvalue weighted by Gasteiger charge is -2.27. The molecular formula is C15H20N2OS. The predicted molar refractivity (Wildman–Crippen MR) is 80.4 cm³/mol. The number of rotatable bonds is 4. The number of piperidine rings is 1. The molecule has 2 atom stereocenters. The van der Waals surface area contributed by atoms with E-state index < -0.39 is 0 Å². The van der Waals surface area contributed by atoms with Crippen molar-refractivity contribution in [3.05, 3.63) is 29.3 Å². The van der Waals surface area contributed by atoms with Gasteiger partial charge in [-0.1, -0.05) is 18.3 Å². The summed E-state index contributed by atoms with van der Waals surface area (Å²) in [5.74, 6) is 1.72. The first kappa shape index (κ1) is 12.9. The number of benzene rings is 1. The molecule has 19 heavy (non-hydrogen) atoms. The van der Waals surface area contributed by atoms with Crippen molar-refractivity contribution in [2.75, 3.05) is 13.7 Å². The van der Waals surface area contributed by atoms with Crippen LogP contribution in [0.5, 0.6) is 5.75 Å². The highest BCUT2D eigenvalue weighted by Crippen LogP contribution is 2.38. The van der Waals surface area contributed by atoms with Crippen LogP contribution in [0.4, 0.5) is 0 Å². The van der Waals surface area contributed by atoms with Crippen LogP contribution >= 0.6 is 12.2 Å². The quantitative estimate of drug-likeness (QED) is 0.857. The summed E-state index contributed by atoms with van der Waals surface area (Å²) in [6.07, 6.45) is 4.18. The van der Waals surface area contributed by atoms with Crippen LogP contribution in [0.25, 0.3) is 0 Å². The number of nitrogens with two attached hydrogens (primary N) is 1. The number of fused-ring (bicyclic) bond motifs is 2. The highest BCUT2D eigenvalue weighted by Gasteiger charge is 2.37. The van der Waals surface area contributed by atoms with Crippen molar-refractivity contribution in [3.63, 3.8) is 0 Å². The average Bonchev–Trinajstić information content (AvgIpc) is 3.00. The van der Waals surface area contributed by atoms with Gasteiger partial charge in [-0.3, -0.25) is 4.90 Å². The van der Waals surface area contributed by atoms with Crippen LogP contribution < -0.4 is 10.5 Å². The molecule has 2 N–H and O–H groups in total. The maximum atomic E-state index is 5.69. The minimum absolute atomic E-state index is 0.392. The molecule has 1 aromatic carbocycles. The van der Waals surface area contributed by atoms with E-state index in [0.717, 1.165) is 29.8 Å². The third-order valence-electron chi connectivity index (χ3n) is 4.44. The van der Waals surface area contributed by atoms with Gasteiger partial charge in [0.1, 0.15) is 10.7 Å². The lowest BCUT2D eigenvalue weighted by atomic mass is 10.1. The first-order valence-electron chi connectivity index (χ1n) is 6.88. The number of hydrogen-bond acceptors (Lipinski definition) is 3. The van der Waals surface area contributed by atoms with Gasteiger partial charge in [0.25, 0.3) is 0 Å². The second-order valence-electron chi connectivity index (χ2n) is 5.66. The third-order valence-corrected chi connectivity index (χ3v) is 4.66. The van der Waals surface area contributed by atoms with Gasteiger partial charge in [0.2, 0.25) is 0 Å². The van der Waals surface area contributed by atoms with E-state index in [0.29, 0.717) is 4.99 Å². The van der Waals surface area contributed by atoms with Crippen molar-refractivity contribution < 1.29 is 4.74 Å². The first-order valence-corrected chi connectivity index (χ1v) is 7.29. The number of methoxy groups -OCH3 is 1. The lowest BCUT2D eigenvalue weighted by molar-refractivity contribution is 0.205. The van der Waals surface area contributed by atoms with Crippen molar-refractivity contribution in [3.8, 4) is 5.75 Å². The van der Waals surface area contributed by atoms with Crippen LogP contribution in [0.1, 0.15) is 30.4 Å². The molecule has 2 aliphatic rings. The maximum Gasteiger partial charge on any atom is 0.129 e. The Morgan fingerprint density at radius 2 is 2.32 bits per heavy atom. The molecule has 3 rings (SSSR count). The molecule has 1 saturated heterocycles. The Kier molecular flexibility index (Phi) is 3.46. The first-order chi connectivity index (χ1) is 9.17. The third kappa shape index (κ3) is 2.47. The highest BCUT2D eigenvalue weighted by atomic mass is 32.1. The van der Waals surface area contributed by atoms with Crippen LogP contribution in [-0.4, -0.2) is 29.6 Å². The summed E-state index contributed by atoms with van der Waals surface area (Å²) in [5, 5.41) is 0. The van der Waals surface area contributed by atoms with Gasteiger partial charge in [-0.05, 0) is 42.9 Å². The summed E-state index contributed by atoms with van der Waals surface area (Å²) in [5.41, 5.74) is 7.80. The summed E-state index contributed by atoms with van der Waals surface area (Å²) in [4.78, 5) is 2.99. The van der Waals surface area contributed by atoms with E-state index >= 15 is 0 Å². The largest absolute Gasteiger partial charge is 0.496 e. The fourth-order valence-corrected chi connectivity index (χ4v) is 3.66. The molecule has 1 saturated carbocycles. The van der Waals surface area contributed by atoms with E-state index in [9.17, 15) is 0 Å². The van der Waals surface area contributed by atoms with Gasteiger partial charge in [-0.15, -0.1) is 0 Å². The Bertz CT molecular complexity index is 503. The number of ether oxygens (including phenoxy) is 1. The molecule has 2 unspecified atom stereocenters. The minimum Gasteiger partial charge on any atom is -0.496 e. The van der Waals surface area contributed by atoms with Crippen molar-refractivity contribution >= 4 is 17.2 Å². The molecule has 1 heterocycles. The minimum atomic E-state index is 0.392. The summed E-state index contributed by atoms with van der Waals surface area (Å²) in [6.45, 7) is 2.26. The van der Waals surface area contributed by atoms with E-state index in [-0.39, 0.29) is 0 Å². The molecule has 0 aromatic heterocycles. The van der Waals surface area contributed by atoms with Crippen LogP contribution in [0, 0.1) is 5.92 Å². The Labute approximate surface area is 119 Å². The Balaban J connectivity index is 1.76. The van der Waals surface area contributed by atoms with Crippen molar-refractivity contribution in [2.45, 2.75) is 31.8 Å². The lowest BCUT2D eigenvalue weighted by Crippen LogP contribution is -2.31. The van der Waals surface area contributed by atoms with Crippen LogP contribution in [-0.2, 0) is 6.54 Å². The summed E-state index contributed by atoms with van der Waals surface area (Å²) in [6, 6.07) is 6.96. The van der Waals surface area contributed by atoms with E-state index in [4.69, 9.17) is 22.7 Å². The highest BCUT2D eigenvalue weighted by molar-refractivity contribution is 7.80. The van der Waals surface area contributed by atoms with Crippen molar-refractivity contribution in [1.29, 1.82) is 0 Å². The smallest absolute Gasteiger partial charge is 0.129 e. The molecule has 102 valence electrons. The van der Waals surface area contributed by atoms with Crippen LogP contribution in [0.2, 0.25) is 0 Å². The van der Waals surface area contributed by atoms with E-state index in [1.165, 1.54) is 31.4 Å². The van der Waals surface area contributed by atoms with Gasteiger partial charge in [0.05, 0.1) is 12.7 Å². The summed E-state index contributed by atoms with van der Waals surface area (Å²) < 4.78 is 5.39. The predicted octanol–water partition coefficient (Wildman–Crippen LogP) is 2.31. The molecule has 4 heteroatoms. The van der Waals surface area contributed by atoms with Crippen LogP contribution in [0.3, 0.4) is 0 Å². The number of nitrogens with zero attached hydrogens (tertiary/aromatic N) is 1. The van der Waals surface area contributed by atoms with E-state index in [1.54, 1.807) is 7.11 Å². The van der Waals surface area contributed by atoms with Crippen LogP contribution in [0.15, 0.2) is 18.2 Å². The molecule has 2 fully saturated rings. The second-order valence-corrected chi connectivity index (χ2v) is 6.10. The number of likely N-dealkylation sites (tertiary alicyclic amines) is 1.